The summed E-state index contributed by atoms with van der Waals surface area (Å²) in [7, 11) is 4.06. The Morgan fingerprint density at radius 2 is 1.74 bits per heavy atom. The highest BCUT2D eigenvalue weighted by atomic mass is 32.1. The van der Waals surface area contributed by atoms with E-state index in [1.54, 1.807) is 19.2 Å². The zero-order valence-corrected chi connectivity index (χ0v) is 20.1. The fourth-order valence-electron chi connectivity index (χ4n) is 4.49. The van der Waals surface area contributed by atoms with Gasteiger partial charge >= 0.3 is 0 Å². The second-order valence-corrected chi connectivity index (χ2v) is 9.03. The molecule has 0 radical (unpaired) electrons. The first-order valence-electron chi connectivity index (χ1n) is 11.2. The SMILES string of the molecule is Cc1cc(N2C(=S)NC(c3ccccn3)C2c2cccn2-c2ccc(N(C)C)cc2)ccc1F. The molecule has 2 aromatic carbocycles. The summed E-state index contributed by atoms with van der Waals surface area (Å²) in [6.07, 6.45) is 3.85. The summed E-state index contributed by atoms with van der Waals surface area (Å²) in [5.74, 6) is -0.232. The van der Waals surface area contributed by atoms with Gasteiger partial charge < -0.3 is 19.7 Å². The lowest BCUT2D eigenvalue weighted by Gasteiger charge is -2.29. The van der Waals surface area contributed by atoms with E-state index in [1.807, 2.05) is 44.4 Å². The van der Waals surface area contributed by atoms with Gasteiger partial charge in [0.2, 0.25) is 0 Å². The standard InChI is InChI=1S/C27H26FN5S/c1-18-17-21(13-14-22(18)28)33-26(25(30-27(33)34)23-7-4-5-15-29-23)24-8-6-16-32(24)20-11-9-19(10-12-20)31(2)3/h4-17,25-26H,1-3H3,(H,30,34). The molecule has 0 saturated carbocycles. The van der Waals surface area contributed by atoms with E-state index < -0.39 is 0 Å². The molecule has 34 heavy (non-hydrogen) atoms. The molecule has 1 saturated heterocycles. The predicted octanol–water partition coefficient (Wildman–Crippen LogP) is 5.56. The quantitative estimate of drug-likeness (QED) is 0.386. The van der Waals surface area contributed by atoms with Crippen molar-refractivity contribution in [1.29, 1.82) is 0 Å². The molecule has 7 heteroatoms. The van der Waals surface area contributed by atoms with E-state index in [1.165, 1.54) is 6.07 Å². The Morgan fingerprint density at radius 3 is 2.41 bits per heavy atom. The van der Waals surface area contributed by atoms with Crippen molar-refractivity contribution in [2.45, 2.75) is 19.0 Å². The maximum atomic E-state index is 14.1. The number of nitrogens with zero attached hydrogens (tertiary/aromatic N) is 4. The fraction of sp³-hybridized carbons (Fsp3) is 0.185. The lowest BCUT2D eigenvalue weighted by atomic mass is 10.0. The number of benzene rings is 2. The molecule has 1 N–H and O–H groups in total. The van der Waals surface area contributed by atoms with E-state index in [2.05, 4.69) is 61.2 Å². The maximum Gasteiger partial charge on any atom is 0.174 e. The Morgan fingerprint density at radius 1 is 0.971 bits per heavy atom. The van der Waals surface area contributed by atoms with Gasteiger partial charge in [0.05, 0.1) is 11.7 Å². The minimum absolute atomic E-state index is 0.172. The highest BCUT2D eigenvalue weighted by molar-refractivity contribution is 7.80. The second kappa shape index (κ2) is 8.91. The normalized spacial score (nSPS) is 17.6. The molecule has 2 unspecified atom stereocenters. The maximum absolute atomic E-state index is 14.1. The number of thiocarbonyl (C=S) groups is 1. The van der Waals surface area contributed by atoms with Gasteiger partial charge in [-0.3, -0.25) is 4.98 Å². The van der Waals surface area contributed by atoms with Gasteiger partial charge in [-0.2, -0.15) is 0 Å². The highest BCUT2D eigenvalue weighted by Crippen LogP contribution is 2.42. The number of aromatic nitrogens is 2. The summed E-state index contributed by atoms with van der Waals surface area (Å²) in [5.41, 5.74) is 5.56. The van der Waals surface area contributed by atoms with Crippen LogP contribution in [0.1, 0.15) is 29.0 Å². The molecule has 1 aliphatic rings. The van der Waals surface area contributed by atoms with Crippen LogP contribution in [0.5, 0.6) is 0 Å². The van der Waals surface area contributed by atoms with Gasteiger partial charge in [-0.1, -0.05) is 6.07 Å². The molecule has 2 atom stereocenters. The second-order valence-electron chi connectivity index (χ2n) is 8.64. The first kappa shape index (κ1) is 22.1. The number of nitrogens with one attached hydrogen (secondary N) is 1. The fourth-order valence-corrected chi connectivity index (χ4v) is 4.84. The van der Waals surface area contributed by atoms with Crippen LogP contribution >= 0.6 is 12.2 Å². The Hall–Kier alpha value is -3.71. The minimum atomic E-state index is -0.232. The van der Waals surface area contributed by atoms with Crippen LogP contribution in [-0.2, 0) is 0 Å². The molecule has 172 valence electrons. The Bertz CT molecular complexity index is 1320. The van der Waals surface area contributed by atoms with Crippen LogP contribution in [0.25, 0.3) is 5.69 Å². The molecule has 0 amide bonds. The van der Waals surface area contributed by atoms with E-state index in [4.69, 9.17) is 12.2 Å². The molecular formula is C27H26FN5S. The first-order valence-corrected chi connectivity index (χ1v) is 11.6. The van der Waals surface area contributed by atoms with Gasteiger partial charge in [-0.25, -0.2) is 4.39 Å². The van der Waals surface area contributed by atoms with Crippen LogP contribution in [0.15, 0.2) is 85.2 Å². The van der Waals surface area contributed by atoms with Crippen LogP contribution in [0.4, 0.5) is 15.8 Å². The number of rotatable bonds is 5. The van der Waals surface area contributed by atoms with Crippen LogP contribution < -0.4 is 15.1 Å². The molecule has 5 rings (SSSR count). The number of pyridine rings is 1. The largest absolute Gasteiger partial charge is 0.378 e. The van der Waals surface area contributed by atoms with Crippen molar-refractivity contribution < 1.29 is 4.39 Å². The van der Waals surface area contributed by atoms with E-state index in [-0.39, 0.29) is 17.9 Å². The molecule has 2 aromatic heterocycles. The Kier molecular flexibility index (Phi) is 5.79. The number of anilines is 2. The Labute approximate surface area is 204 Å². The molecular weight excluding hydrogens is 445 g/mol. The lowest BCUT2D eigenvalue weighted by molar-refractivity contribution is 0.549. The highest BCUT2D eigenvalue weighted by Gasteiger charge is 2.42. The van der Waals surface area contributed by atoms with Gasteiger partial charge in [-0.15, -0.1) is 0 Å². The monoisotopic (exact) mass is 471 g/mol. The van der Waals surface area contributed by atoms with E-state index in [0.29, 0.717) is 10.7 Å². The summed E-state index contributed by atoms with van der Waals surface area (Å²) < 4.78 is 16.3. The topological polar surface area (TPSA) is 36.3 Å². The zero-order valence-electron chi connectivity index (χ0n) is 19.3. The summed E-state index contributed by atoms with van der Waals surface area (Å²) >= 11 is 5.81. The van der Waals surface area contributed by atoms with Crippen LogP contribution in [0, 0.1) is 12.7 Å². The molecule has 4 aromatic rings. The average molecular weight is 472 g/mol. The molecule has 0 aliphatic carbocycles. The summed E-state index contributed by atoms with van der Waals surface area (Å²) in [4.78, 5) is 8.77. The molecule has 3 heterocycles. The van der Waals surface area contributed by atoms with Crippen molar-refractivity contribution in [3.05, 3.63) is 108 Å². The van der Waals surface area contributed by atoms with Crippen LogP contribution in [0.2, 0.25) is 0 Å². The smallest absolute Gasteiger partial charge is 0.174 e. The first-order chi connectivity index (χ1) is 16.4. The number of hydrogen-bond acceptors (Lipinski definition) is 3. The third-order valence-electron chi connectivity index (χ3n) is 6.25. The molecule has 1 aliphatic heterocycles. The molecule has 0 bridgehead atoms. The van der Waals surface area contributed by atoms with Gasteiger partial charge in [0, 0.05) is 49.2 Å². The van der Waals surface area contributed by atoms with E-state index in [9.17, 15) is 4.39 Å². The lowest BCUT2D eigenvalue weighted by Crippen LogP contribution is -2.30. The summed E-state index contributed by atoms with van der Waals surface area (Å²) in [6.45, 7) is 1.77. The van der Waals surface area contributed by atoms with Gasteiger partial charge in [0.1, 0.15) is 11.9 Å². The van der Waals surface area contributed by atoms with Crippen molar-refractivity contribution in [2.24, 2.45) is 0 Å². The molecule has 0 spiro atoms. The van der Waals surface area contributed by atoms with Crippen molar-refractivity contribution in [3.8, 4) is 5.69 Å². The Balaban J connectivity index is 1.64. The third-order valence-corrected chi connectivity index (χ3v) is 6.56. The van der Waals surface area contributed by atoms with E-state index in [0.717, 1.165) is 28.5 Å². The molecule has 1 fully saturated rings. The van der Waals surface area contributed by atoms with Gasteiger partial charge in [0.15, 0.2) is 5.11 Å². The number of halogens is 1. The molecule has 5 nitrogen and oxygen atoms in total. The summed E-state index contributed by atoms with van der Waals surface area (Å²) in [5, 5.41) is 4.06. The van der Waals surface area contributed by atoms with Gasteiger partial charge in [0.25, 0.3) is 0 Å². The van der Waals surface area contributed by atoms with Crippen molar-refractivity contribution in [2.75, 3.05) is 23.9 Å². The van der Waals surface area contributed by atoms with Gasteiger partial charge in [-0.05, 0) is 91.4 Å². The van der Waals surface area contributed by atoms with Crippen molar-refractivity contribution >= 4 is 28.7 Å². The zero-order chi connectivity index (χ0) is 23.8. The number of aryl methyl sites for hydroxylation is 1. The third kappa shape index (κ3) is 3.92. The van der Waals surface area contributed by atoms with Crippen LogP contribution in [-0.4, -0.2) is 28.8 Å². The van der Waals surface area contributed by atoms with Crippen molar-refractivity contribution in [3.63, 3.8) is 0 Å². The average Bonchev–Trinajstić information content (AvgIpc) is 3.46. The van der Waals surface area contributed by atoms with Crippen molar-refractivity contribution in [1.82, 2.24) is 14.9 Å². The minimum Gasteiger partial charge on any atom is -0.378 e. The predicted molar refractivity (Wildman–Crippen MR) is 139 cm³/mol. The van der Waals surface area contributed by atoms with Crippen LogP contribution in [0.3, 0.4) is 0 Å². The van der Waals surface area contributed by atoms with E-state index >= 15 is 0 Å². The summed E-state index contributed by atoms with van der Waals surface area (Å²) in [6, 6.07) is 23.2. The number of hydrogen-bond donors (Lipinski definition) is 1.